The van der Waals surface area contributed by atoms with E-state index in [1.54, 1.807) is 42.5 Å². The van der Waals surface area contributed by atoms with E-state index in [1.807, 2.05) is 0 Å². The highest BCUT2D eigenvalue weighted by molar-refractivity contribution is 8.27. The quantitative estimate of drug-likeness (QED) is 0.223. The first kappa shape index (κ1) is 23.0. The number of amides is 1. The molecule has 3 nitrogen and oxygen atoms in total. The number of ether oxygens (including phenoxy) is 1. The lowest BCUT2D eigenvalue weighted by Gasteiger charge is -2.16. The van der Waals surface area contributed by atoms with Gasteiger partial charge in [0.15, 0.2) is 4.32 Å². The predicted molar refractivity (Wildman–Crippen MR) is 124 cm³/mol. The number of anilines is 1. The lowest BCUT2D eigenvalue weighted by atomic mass is 10.1. The van der Waals surface area contributed by atoms with Crippen molar-refractivity contribution >= 4 is 46.0 Å². The van der Waals surface area contributed by atoms with Crippen LogP contribution in [0.1, 0.15) is 16.7 Å². The number of thiocarbonyl (C=S) groups is 1. The molecular formula is C24H15F4NO2S2. The average Bonchev–Trinajstić information content (AvgIpc) is 3.06. The standard InChI is InChI=1S/C24H15F4NO2S2/c25-18-8-4-16(5-9-18)14-31-20-10-6-15(7-11-20)12-21-22(30)29(23(32)33-21)19-3-1-2-17(13-19)24(26,27)28/h1-13H,14H2/b21-12+. The summed E-state index contributed by atoms with van der Waals surface area (Å²) in [5.74, 6) is -0.212. The molecule has 1 saturated heterocycles. The second kappa shape index (κ2) is 9.36. The fraction of sp³-hybridized carbons (Fsp3) is 0.0833. The largest absolute Gasteiger partial charge is 0.489 e. The summed E-state index contributed by atoms with van der Waals surface area (Å²) in [4.78, 5) is 14.3. The lowest BCUT2D eigenvalue weighted by molar-refractivity contribution is -0.137. The Balaban J connectivity index is 1.46. The van der Waals surface area contributed by atoms with Crippen molar-refractivity contribution in [2.24, 2.45) is 0 Å². The second-order valence-electron chi connectivity index (χ2n) is 7.05. The van der Waals surface area contributed by atoms with Crippen LogP contribution in [-0.4, -0.2) is 10.2 Å². The third-order valence-corrected chi connectivity index (χ3v) is 6.02. The molecule has 1 fully saturated rings. The topological polar surface area (TPSA) is 29.5 Å². The van der Waals surface area contributed by atoms with Gasteiger partial charge in [-0.1, -0.05) is 54.3 Å². The predicted octanol–water partition coefficient (Wildman–Crippen LogP) is 6.83. The van der Waals surface area contributed by atoms with E-state index < -0.39 is 17.6 Å². The van der Waals surface area contributed by atoms with E-state index in [2.05, 4.69) is 0 Å². The number of thioether (sulfide) groups is 1. The van der Waals surface area contributed by atoms with Crippen LogP contribution in [0.2, 0.25) is 0 Å². The molecule has 3 aromatic rings. The molecule has 0 aliphatic carbocycles. The molecule has 168 valence electrons. The van der Waals surface area contributed by atoms with Gasteiger partial charge in [-0.2, -0.15) is 13.2 Å². The smallest absolute Gasteiger partial charge is 0.416 e. The summed E-state index contributed by atoms with van der Waals surface area (Å²) in [6.07, 6.45) is -2.90. The molecule has 4 rings (SSSR count). The fourth-order valence-electron chi connectivity index (χ4n) is 3.07. The summed E-state index contributed by atoms with van der Waals surface area (Å²) < 4.78 is 57.9. The average molecular weight is 490 g/mol. The van der Waals surface area contributed by atoms with Crippen molar-refractivity contribution in [2.45, 2.75) is 12.8 Å². The molecule has 0 spiro atoms. The van der Waals surface area contributed by atoms with Gasteiger partial charge in [0.2, 0.25) is 0 Å². The highest BCUT2D eigenvalue weighted by atomic mass is 32.2. The van der Waals surface area contributed by atoms with Crippen LogP contribution in [-0.2, 0) is 17.6 Å². The van der Waals surface area contributed by atoms with Crippen molar-refractivity contribution < 1.29 is 27.1 Å². The summed E-state index contributed by atoms with van der Waals surface area (Å²) in [7, 11) is 0. The van der Waals surface area contributed by atoms with Crippen molar-refractivity contribution in [1.82, 2.24) is 0 Å². The first-order chi connectivity index (χ1) is 15.7. The van der Waals surface area contributed by atoms with Crippen LogP contribution in [0.4, 0.5) is 23.2 Å². The molecule has 1 aliphatic heterocycles. The van der Waals surface area contributed by atoms with Crippen LogP contribution in [0.15, 0.2) is 77.7 Å². The van der Waals surface area contributed by atoms with Gasteiger partial charge in [-0.25, -0.2) is 4.39 Å². The Morgan fingerprint density at radius 2 is 1.70 bits per heavy atom. The van der Waals surface area contributed by atoms with Crippen LogP contribution in [0.5, 0.6) is 5.75 Å². The number of nitrogens with zero attached hydrogens (tertiary/aromatic N) is 1. The molecule has 1 heterocycles. The van der Waals surface area contributed by atoms with E-state index in [0.717, 1.165) is 34.4 Å². The molecule has 33 heavy (non-hydrogen) atoms. The minimum atomic E-state index is -4.52. The molecule has 0 saturated carbocycles. The van der Waals surface area contributed by atoms with Crippen LogP contribution < -0.4 is 9.64 Å². The Morgan fingerprint density at radius 1 is 1.00 bits per heavy atom. The van der Waals surface area contributed by atoms with Gasteiger partial charge in [0.1, 0.15) is 18.2 Å². The molecule has 0 aromatic heterocycles. The number of benzene rings is 3. The van der Waals surface area contributed by atoms with Crippen LogP contribution in [0.25, 0.3) is 6.08 Å². The van der Waals surface area contributed by atoms with Gasteiger partial charge in [-0.15, -0.1) is 0 Å². The zero-order chi connectivity index (χ0) is 23.6. The summed E-state index contributed by atoms with van der Waals surface area (Å²) in [6.45, 7) is 0.273. The van der Waals surface area contributed by atoms with Crippen molar-refractivity contribution in [3.8, 4) is 5.75 Å². The molecule has 9 heteroatoms. The lowest BCUT2D eigenvalue weighted by Crippen LogP contribution is -2.27. The van der Waals surface area contributed by atoms with E-state index in [0.29, 0.717) is 16.2 Å². The number of carbonyl (C=O) groups is 1. The van der Waals surface area contributed by atoms with Crippen molar-refractivity contribution in [3.63, 3.8) is 0 Å². The number of carbonyl (C=O) groups excluding carboxylic acids is 1. The molecule has 0 radical (unpaired) electrons. The normalized spacial score (nSPS) is 15.4. The van der Waals surface area contributed by atoms with Crippen LogP contribution >= 0.6 is 24.0 Å². The van der Waals surface area contributed by atoms with Gasteiger partial charge in [-0.05, 0) is 59.7 Å². The molecule has 0 N–H and O–H groups in total. The Labute approximate surface area is 196 Å². The van der Waals surface area contributed by atoms with E-state index in [9.17, 15) is 22.4 Å². The Bertz CT molecular complexity index is 1220. The molecule has 3 aromatic carbocycles. The van der Waals surface area contributed by atoms with Gasteiger partial charge >= 0.3 is 6.18 Å². The van der Waals surface area contributed by atoms with Crippen LogP contribution in [0, 0.1) is 5.82 Å². The maximum absolute atomic E-state index is 13.0. The fourth-order valence-corrected chi connectivity index (χ4v) is 4.37. The highest BCUT2D eigenvalue weighted by Crippen LogP contribution is 2.38. The minimum absolute atomic E-state index is 0.0697. The minimum Gasteiger partial charge on any atom is -0.489 e. The molecule has 0 bridgehead atoms. The van der Waals surface area contributed by atoms with E-state index in [4.69, 9.17) is 17.0 Å². The van der Waals surface area contributed by atoms with Crippen molar-refractivity contribution in [1.29, 1.82) is 0 Å². The summed E-state index contributed by atoms with van der Waals surface area (Å²) in [5.41, 5.74) is 0.738. The highest BCUT2D eigenvalue weighted by Gasteiger charge is 2.36. The Morgan fingerprint density at radius 3 is 2.36 bits per heavy atom. The van der Waals surface area contributed by atoms with Crippen LogP contribution in [0.3, 0.4) is 0 Å². The molecular weight excluding hydrogens is 474 g/mol. The van der Waals surface area contributed by atoms with E-state index in [1.165, 1.54) is 24.3 Å². The number of hydrogen-bond acceptors (Lipinski definition) is 4. The van der Waals surface area contributed by atoms with Gasteiger partial charge in [0.25, 0.3) is 5.91 Å². The maximum atomic E-state index is 13.0. The third-order valence-electron chi connectivity index (χ3n) is 4.72. The van der Waals surface area contributed by atoms with Gasteiger partial charge < -0.3 is 4.74 Å². The zero-order valence-corrected chi connectivity index (χ0v) is 18.4. The Kier molecular flexibility index (Phi) is 6.53. The molecule has 1 amide bonds. The summed E-state index contributed by atoms with van der Waals surface area (Å²) >= 11 is 6.27. The van der Waals surface area contributed by atoms with Gasteiger partial charge in [0, 0.05) is 0 Å². The van der Waals surface area contributed by atoms with E-state index >= 15 is 0 Å². The summed E-state index contributed by atoms with van der Waals surface area (Å²) in [5, 5.41) is 0. The zero-order valence-electron chi connectivity index (χ0n) is 16.8. The molecule has 0 unspecified atom stereocenters. The number of hydrogen-bond donors (Lipinski definition) is 0. The number of rotatable bonds is 5. The second-order valence-corrected chi connectivity index (χ2v) is 8.73. The van der Waals surface area contributed by atoms with Crippen molar-refractivity contribution in [2.75, 3.05) is 4.90 Å². The monoisotopic (exact) mass is 489 g/mol. The third kappa shape index (κ3) is 5.43. The molecule has 0 atom stereocenters. The Hall–Kier alpha value is -3.17. The first-order valence-corrected chi connectivity index (χ1v) is 10.9. The first-order valence-electron chi connectivity index (χ1n) is 9.63. The van der Waals surface area contributed by atoms with Crippen molar-refractivity contribution in [3.05, 3.63) is 100 Å². The van der Waals surface area contributed by atoms with Gasteiger partial charge in [0.05, 0.1) is 16.2 Å². The number of halogens is 4. The van der Waals surface area contributed by atoms with Gasteiger partial charge in [-0.3, -0.25) is 9.69 Å². The van der Waals surface area contributed by atoms with E-state index in [-0.39, 0.29) is 22.4 Å². The molecule has 1 aliphatic rings. The number of alkyl halides is 3. The SMILES string of the molecule is O=C1/C(=C\c2ccc(OCc3ccc(F)cc3)cc2)SC(=S)N1c1cccc(C(F)(F)F)c1. The summed E-state index contributed by atoms with van der Waals surface area (Å²) in [6, 6.07) is 17.4. The maximum Gasteiger partial charge on any atom is 0.416 e.